The van der Waals surface area contributed by atoms with Crippen LogP contribution in [0.2, 0.25) is 5.28 Å². The van der Waals surface area contributed by atoms with E-state index in [1.807, 2.05) is 0 Å². The van der Waals surface area contributed by atoms with Gasteiger partial charge in [0, 0.05) is 6.20 Å². The average Bonchev–Trinajstić information content (AvgIpc) is 3.01. The van der Waals surface area contributed by atoms with Gasteiger partial charge >= 0.3 is 0 Å². The second-order valence-electron chi connectivity index (χ2n) is 4.87. The quantitative estimate of drug-likeness (QED) is 0.648. The van der Waals surface area contributed by atoms with Gasteiger partial charge in [0.2, 0.25) is 5.28 Å². The lowest BCUT2D eigenvalue weighted by Crippen LogP contribution is -2.31. The first kappa shape index (κ1) is 14.1. The highest BCUT2D eigenvalue weighted by atomic mass is 35.5. The normalized spacial score (nSPS) is 25.3. The molecule has 2 aromatic heterocycles. The molecule has 0 radical (unpaired) electrons. The van der Waals surface area contributed by atoms with Crippen LogP contribution in [0.3, 0.4) is 0 Å². The smallest absolute Gasteiger partial charge is 0.226 e. The molecule has 0 saturated carbocycles. The van der Waals surface area contributed by atoms with Crippen LogP contribution in [0.4, 0.5) is 10.2 Å². The summed E-state index contributed by atoms with van der Waals surface area (Å²) in [6.45, 7) is -0.306. The van der Waals surface area contributed by atoms with Crippen LogP contribution in [0.1, 0.15) is 19.1 Å². The Bertz CT molecular complexity index is 757. The summed E-state index contributed by atoms with van der Waals surface area (Å²) in [6, 6.07) is 0. The second-order valence-corrected chi connectivity index (χ2v) is 5.21. The van der Waals surface area contributed by atoms with Gasteiger partial charge in [0.1, 0.15) is 12.0 Å². The van der Waals surface area contributed by atoms with Gasteiger partial charge in [-0.3, -0.25) is 0 Å². The molecule has 21 heavy (non-hydrogen) atoms. The molecule has 0 unspecified atom stereocenters. The Morgan fingerprint density at radius 3 is 3.05 bits per heavy atom. The lowest BCUT2D eigenvalue weighted by atomic mass is 10.0. The zero-order chi connectivity index (χ0) is 15.2. The largest absolute Gasteiger partial charge is 0.392 e. The molecule has 0 aromatic carbocycles. The number of fused-ring (bicyclic) bond motifs is 1. The van der Waals surface area contributed by atoms with E-state index in [-0.39, 0.29) is 28.7 Å². The predicted octanol–water partition coefficient (Wildman–Crippen LogP) is 1.48. The van der Waals surface area contributed by atoms with Crippen molar-refractivity contribution in [2.24, 2.45) is 0 Å². The molecule has 0 bridgehead atoms. The SMILES string of the molecule is C#C[C@@]1(CO)CC[C@H](n2cc(F)c3c(N)nc(Cl)nc32)O1. The minimum absolute atomic E-state index is 0.0374. The van der Waals surface area contributed by atoms with E-state index in [1.54, 1.807) is 0 Å². The first-order valence-corrected chi connectivity index (χ1v) is 6.63. The van der Waals surface area contributed by atoms with Crippen LogP contribution in [0.25, 0.3) is 11.0 Å². The molecule has 2 atom stereocenters. The molecular formula is C13H12ClFN4O2. The van der Waals surface area contributed by atoms with E-state index in [2.05, 4.69) is 15.9 Å². The number of rotatable bonds is 2. The summed E-state index contributed by atoms with van der Waals surface area (Å²) in [7, 11) is 0. The summed E-state index contributed by atoms with van der Waals surface area (Å²) in [5.74, 6) is 1.84. The van der Waals surface area contributed by atoms with Crippen LogP contribution in [0.5, 0.6) is 0 Å². The van der Waals surface area contributed by atoms with Crippen molar-refractivity contribution >= 4 is 28.5 Å². The van der Waals surface area contributed by atoms with E-state index in [1.165, 1.54) is 10.8 Å². The lowest BCUT2D eigenvalue weighted by molar-refractivity contribution is -0.0617. The molecule has 1 fully saturated rings. The summed E-state index contributed by atoms with van der Waals surface area (Å²) in [5, 5.41) is 9.38. The van der Waals surface area contributed by atoms with Gasteiger partial charge < -0.3 is 20.1 Å². The molecule has 110 valence electrons. The third kappa shape index (κ3) is 2.12. The molecule has 1 aliphatic heterocycles. The third-order valence-electron chi connectivity index (χ3n) is 3.61. The van der Waals surface area contributed by atoms with Gasteiger partial charge in [-0.1, -0.05) is 5.92 Å². The number of nitrogens with zero attached hydrogens (tertiary/aromatic N) is 3. The molecule has 2 aromatic rings. The van der Waals surface area contributed by atoms with E-state index < -0.39 is 17.6 Å². The van der Waals surface area contributed by atoms with Gasteiger partial charge in [-0.2, -0.15) is 4.98 Å². The van der Waals surface area contributed by atoms with E-state index in [9.17, 15) is 9.50 Å². The van der Waals surface area contributed by atoms with Crippen LogP contribution >= 0.6 is 11.6 Å². The van der Waals surface area contributed by atoms with Crippen molar-refractivity contribution in [1.82, 2.24) is 14.5 Å². The van der Waals surface area contributed by atoms with Gasteiger partial charge in [0.25, 0.3) is 0 Å². The van der Waals surface area contributed by atoms with Crippen LogP contribution in [0.15, 0.2) is 6.20 Å². The summed E-state index contributed by atoms with van der Waals surface area (Å²) in [4.78, 5) is 7.73. The number of aliphatic hydroxyl groups is 1. The first-order valence-electron chi connectivity index (χ1n) is 6.25. The molecule has 1 aliphatic rings. The maximum atomic E-state index is 14.0. The Morgan fingerprint density at radius 1 is 1.67 bits per heavy atom. The monoisotopic (exact) mass is 310 g/mol. The number of hydrogen-bond acceptors (Lipinski definition) is 5. The van der Waals surface area contributed by atoms with E-state index >= 15 is 0 Å². The summed E-state index contributed by atoms with van der Waals surface area (Å²) >= 11 is 5.77. The van der Waals surface area contributed by atoms with Crippen molar-refractivity contribution in [3.8, 4) is 12.3 Å². The van der Waals surface area contributed by atoms with Crippen molar-refractivity contribution in [3.05, 3.63) is 17.3 Å². The van der Waals surface area contributed by atoms with Crippen LogP contribution in [-0.2, 0) is 4.74 Å². The van der Waals surface area contributed by atoms with E-state index in [4.69, 9.17) is 28.5 Å². The van der Waals surface area contributed by atoms with Crippen LogP contribution < -0.4 is 5.73 Å². The van der Waals surface area contributed by atoms with Gasteiger partial charge in [-0.25, -0.2) is 9.37 Å². The third-order valence-corrected chi connectivity index (χ3v) is 3.78. The molecule has 0 spiro atoms. The number of hydrogen-bond donors (Lipinski definition) is 2. The topological polar surface area (TPSA) is 86.2 Å². The minimum Gasteiger partial charge on any atom is -0.392 e. The number of terminal acetylenes is 1. The van der Waals surface area contributed by atoms with Gasteiger partial charge in [0.05, 0.1) is 12.0 Å². The Labute approximate surface area is 124 Å². The summed E-state index contributed by atoms with van der Waals surface area (Å²) in [6.07, 6.45) is 7.04. The van der Waals surface area contributed by atoms with Gasteiger partial charge in [0.15, 0.2) is 17.1 Å². The molecule has 3 heterocycles. The number of anilines is 1. The maximum absolute atomic E-state index is 14.0. The highest BCUT2D eigenvalue weighted by molar-refractivity contribution is 6.28. The number of aromatic nitrogens is 3. The Balaban J connectivity index is 2.09. The number of nitrogens with two attached hydrogens (primary N) is 1. The van der Waals surface area contributed by atoms with Crippen molar-refractivity contribution < 1.29 is 14.2 Å². The van der Waals surface area contributed by atoms with Crippen molar-refractivity contribution in [3.63, 3.8) is 0 Å². The zero-order valence-corrected chi connectivity index (χ0v) is 11.6. The summed E-state index contributed by atoms with van der Waals surface area (Å²) < 4.78 is 21.2. The molecule has 3 rings (SSSR count). The van der Waals surface area contributed by atoms with Crippen molar-refractivity contribution in [1.29, 1.82) is 0 Å². The standard InChI is InChI=1S/C13H12ClFN4O2/c1-2-13(6-20)4-3-8(21-13)19-5-7(15)9-10(16)17-12(14)18-11(9)19/h1,5,8,20H,3-4,6H2,(H2,16,17,18)/t8-,13+/m1/s1. The zero-order valence-electron chi connectivity index (χ0n) is 10.9. The summed E-state index contributed by atoms with van der Waals surface area (Å²) in [5.41, 5.74) is 4.85. The Kier molecular flexibility index (Phi) is 3.24. The number of ether oxygens (including phenoxy) is 1. The molecule has 8 heteroatoms. The van der Waals surface area contributed by atoms with Crippen molar-refractivity contribution in [2.75, 3.05) is 12.3 Å². The average molecular weight is 311 g/mol. The molecule has 0 amide bonds. The number of aliphatic hydroxyl groups excluding tert-OH is 1. The highest BCUT2D eigenvalue weighted by Gasteiger charge is 2.40. The molecule has 0 aliphatic carbocycles. The number of nitrogen functional groups attached to an aromatic ring is 1. The lowest BCUT2D eigenvalue weighted by Gasteiger charge is -2.21. The Morgan fingerprint density at radius 2 is 2.43 bits per heavy atom. The predicted molar refractivity (Wildman–Crippen MR) is 74.9 cm³/mol. The second kappa shape index (κ2) is 4.84. The minimum atomic E-state index is -1.06. The van der Waals surface area contributed by atoms with Gasteiger partial charge in [-0.05, 0) is 24.4 Å². The number of halogens is 2. The van der Waals surface area contributed by atoms with E-state index in [0.29, 0.717) is 12.8 Å². The fourth-order valence-corrected chi connectivity index (χ4v) is 2.69. The van der Waals surface area contributed by atoms with Crippen molar-refractivity contribution in [2.45, 2.75) is 24.7 Å². The molecular weight excluding hydrogens is 299 g/mol. The first-order chi connectivity index (χ1) is 9.99. The van der Waals surface area contributed by atoms with Crippen LogP contribution in [-0.4, -0.2) is 31.8 Å². The highest BCUT2D eigenvalue weighted by Crippen LogP contribution is 2.38. The fraction of sp³-hybridized carbons (Fsp3) is 0.385. The molecule has 3 N–H and O–H groups in total. The van der Waals surface area contributed by atoms with Crippen LogP contribution in [0, 0.1) is 18.2 Å². The van der Waals surface area contributed by atoms with Gasteiger partial charge in [-0.15, -0.1) is 6.42 Å². The van der Waals surface area contributed by atoms with E-state index in [0.717, 1.165) is 0 Å². The molecule has 1 saturated heterocycles. The Hall–Kier alpha value is -1.88. The molecule has 6 nitrogen and oxygen atoms in total. The fourth-order valence-electron chi connectivity index (χ4n) is 2.52. The maximum Gasteiger partial charge on any atom is 0.226 e.